The van der Waals surface area contributed by atoms with Crippen molar-refractivity contribution < 1.29 is 28.7 Å². The van der Waals surface area contributed by atoms with E-state index in [0.29, 0.717) is 6.42 Å². The van der Waals surface area contributed by atoms with Crippen LogP contribution >= 0.6 is 0 Å². The third-order valence-corrected chi connectivity index (χ3v) is 9.21. The van der Waals surface area contributed by atoms with Gasteiger partial charge in [-0.2, -0.15) is 5.26 Å². The van der Waals surface area contributed by atoms with Gasteiger partial charge >= 0.3 is 11.9 Å². The van der Waals surface area contributed by atoms with Crippen LogP contribution in [0.5, 0.6) is 0 Å². The van der Waals surface area contributed by atoms with Gasteiger partial charge in [-0.25, -0.2) is 0 Å². The minimum Gasteiger partial charge on any atom is -0.481 e. The van der Waals surface area contributed by atoms with Crippen LogP contribution in [0.4, 0.5) is 0 Å². The number of ketones is 1. The van der Waals surface area contributed by atoms with E-state index in [1.807, 2.05) is 40.8 Å². The van der Waals surface area contributed by atoms with Crippen LogP contribution in [-0.4, -0.2) is 43.4 Å². The number of hydrogen-bond acceptors (Lipinski definition) is 6. The Morgan fingerprint density at radius 3 is 2.12 bits per heavy atom. The van der Waals surface area contributed by atoms with Crippen molar-refractivity contribution in [1.29, 1.82) is 5.26 Å². The van der Waals surface area contributed by atoms with Crippen LogP contribution in [0.1, 0.15) is 53.9 Å². The number of carbonyl (C=O) groups is 3. The smallest absolute Gasteiger partial charge is 0.331 e. The highest BCUT2D eigenvalue weighted by molar-refractivity contribution is 6.74. The molecule has 0 amide bonds. The van der Waals surface area contributed by atoms with E-state index in [4.69, 9.17) is 14.3 Å². The molecule has 26 heavy (non-hydrogen) atoms. The van der Waals surface area contributed by atoms with Gasteiger partial charge in [-0.1, -0.05) is 27.7 Å². The van der Waals surface area contributed by atoms with E-state index < -0.39 is 44.2 Å². The number of ether oxygens (including phenoxy) is 1. The summed E-state index contributed by atoms with van der Waals surface area (Å²) >= 11 is 0. The molecule has 148 valence electrons. The van der Waals surface area contributed by atoms with Crippen LogP contribution < -0.4 is 0 Å². The molecule has 0 aliphatic rings. The molecule has 3 atom stereocenters. The zero-order valence-electron chi connectivity index (χ0n) is 16.8. The first kappa shape index (κ1) is 24.3. The molecule has 1 N–H and O–H groups in total. The molecule has 0 heterocycles. The van der Waals surface area contributed by atoms with Crippen LogP contribution in [0.3, 0.4) is 0 Å². The molecule has 7 nitrogen and oxygen atoms in total. The Bertz CT molecular complexity index is 561. The van der Waals surface area contributed by atoms with Crippen molar-refractivity contribution in [3.8, 4) is 6.07 Å². The lowest BCUT2D eigenvalue weighted by atomic mass is 9.99. The molecular weight excluding hydrogens is 354 g/mol. The highest BCUT2D eigenvalue weighted by Gasteiger charge is 2.41. The summed E-state index contributed by atoms with van der Waals surface area (Å²) in [6.07, 6.45) is -1.39. The third-order valence-electron chi connectivity index (χ3n) is 4.68. The fourth-order valence-corrected chi connectivity index (χ4v) is 3.25. The minimum atomic E-state index is -2.32. The molecule has 8 heteroatoms. The first-order valence-corrected chi connectivity index (χ1v) is 11.7. The molecular formula is C18H31NO6Si. The zero-order valence-corrected chi connectivity index (χ0v) is 17.8. The summed E-state index contributed by atoms with van der Waals surface area (Å²) in [4.78, 5) is 35.6. The van der Waals surface area contributed by atoms with Crippen LogP contribution in [-0.2, 0) is 23.5 Å². The number of esters is 1. The molecule has 0 fully saturated rings. The molecule has 0 aliphatic heterocycles. The van der Waals surface area contributed by atoms with Crippen molar-refractivity contribution in [3.63, 3.8) is 0 Å². The van der Waals surface area contributed by atoms with E-state index in [1.165, 1.54) is 0 Å². The zero-order chi connectivity index (χ0) is 20.7. The highest BCUT2D eigenvalue weighted by Crippen LogP contribution is 2.38. The molecule has 0 aromatic heterocycles. The van der Waals surface area contributed by atoms with Gasteiger partial charge in [0.25, 0.3) is 0 Å². The van der Waals surface area contributed by atoms with Gasteiger partial charge in [0, 0.05) is 6.42 Å². The van der Waals surface area contributed by atoms with Gasteiger partial charge < -0.3 is 14.3 Å². The first-order chi connectivity index (χ1) is 11.7. The summed E-state index contributed by atoms with van der Waals surface area (Å²) in [5.74, 6) is -4.24. The summed E-state index contributed by atoms with van der Waals surface area (Å²) in [5.41, 5.74) is 0. The number of hydrogen-bond donors (Lipinski definition) is 1. The van der Waals surface area contributed by atoms with Gasteiger partial charge in [0.15, 0.2) is 14.1 Å². The number of carboxylic acid groups (broad SMARTS) is 1. The van der Waals surface area contributed by atoms with Crippen molar-refractivity contribution in [1.82, 2.24) is 0 Å². The quantitative estimate of drug-likeness (QED) is 0.348. The van der Waals surface area contributed by atoms with Crippen molar-refractivity contribution in [2.75, 3.05) is 0 Å². The average Bonchev–Trinajstić information content (AvgIpc) is 2.45. The molecule has 0 bridgehead atoms. The Labute approximate surface area is 156 Å². The molecule has 0 aromatic rings. The Hall–Kier alpha value is -1.72. The van der Waals surface area contributed by atoms with Gasteiger partial charge in [0.2, 0.25) is 5.92 Å². The monoisotopic (exact) mass is 385 g/mol. The number of nitrogens with zero attached hydrogens (tertiary/aromatic N) is 1. The normalized spacial score (nSPS) is 15.5. The molecule has 0 radical (unpaired) electrons. The molecule has 0 aromatic carbocycles. The van der Waals surface area contributed by atoms with E-state index in [9.17, 15) is 19.6 Å². The van der Waals surface area contributed by atoms with Gasteiger partial charge in [-0.15, -0.1) is 0 Å². The predicted molar refractivity (Wildman–Crippen MR) is 98.9 cm³/mol. The second-order valence-electron chi connectivity index (χ2n) is 7.99. The average molecular weight is 386 g/mol. The molecule has 0 saturated carbocycles. The van der Waals surface area contributed by atoms with E-state index >= 15 is 0 Å². The molecule has 2 unspecified atom stereocenters. The Kier molecular flexibility index (Phi) is 9.18. The Morgan fingerprint density at radius 2 is 1.73 bits per heavy atom. The van der Waals surface area contributed by atoms with Crippen molar-refractivity contribution >= 4 is 26.0 Å². The van der Waals surface area contributed by atoms with Crippen LogP contribution in [0.2, 0.25) is 18.1 Å². The molecule has 0 saturated heterocycles. The SMILES string of the molecule is CCC(C)OC(=O)[C@H](C#N)C(=O)CC(CC(=O)O)O[Si](C)(C)C(C)(C)C. The van der Waals surface area contributed by atoms with E-state index in [-0.39, 0.29) is 17.9 Å². The summed E-state index contributed by atoms with van der Waals surface area (Å²) in [5, 5.41) is 18.1. The lowest BCUT2D eigenvalue weighted by Crippen LogP contribution is -2.45. The molecule has 0 spiro atoms. The maximum atomic E-state index is 12.4. The van der Waals surface area contributed by atoms with E-state index in [0.717, 1.165) is 0 Å². The minimum absolute atomic E-state index is 0.170. The van der Waals surface area contributed by atoms with Crippen LogP contribution in [0.15, 0.2) is 0 Å². The second-order valence-corrected chi connectivity index (χ2v) is 12.7. The number of carboxylic acids is 1. The maximum absolute atomic E-state index is 12.4. The lowest BCUT2D eigenvalue weighted by Gasteiger charge is -2.39. The van der Waals surface area contributed by atoms with Gasteiger partial charge in [-0.05, 0) is 31.5 Å². The van der Waals surface area contributed by atoms with Crippen molar-refractivity contribution in [2.24, 2.45) is 5.92 Å². The fourth-order valence-electron chi connectivity index (χ4n) is 1.89. The summed E-state index contributed by atoms with van der Waals surface area (Å²) in [6, 6.07) is 1.67. The number of rotatable bonds is 10. The van der Waals surface area contributed by atoms with Gasteiger partial charge in [0.1, 0.15) is 0 Å². The standard InChI is InChI=1S/C18H31NO6Si/c1-8-12(2)24-17(23)14(11-19)15(20)9-13(10-16(21)22)25-26(6,7)18(3,4)5/h12-14H,8-10H2,1-7H3,(H,21,22)/t12?,13?,14-/m1/s1. The molecule has 0 aliphatic carbocycles. The summed E-state index contributed by atoms with van der Waals surface area (Å²) in [7, 11) is -2.32. The third kappa shape index (κ3) is 7.66. The van der Waals surface area contributed by atoms with E-state index in [1.54, 1.807) is 13.0 Å². The number of carbonyl (C=O) groups excluding carboxylic acids is 2. The number of Topliss-reactive ketones (excluding diaryl/α,β-unsaturated/α-hetero) is 1. The molecule has 0 rings (SSSR count). The maximum Gasteiger partial charge on any atom is 0.331 e. The van der Waals surface area contributed by atoms with Gasteiger partial charge in [0.05, 0.1) is 24.7 Å². The van der Waals surface area contributed by atoms with Crippen LogP contribution in [0.25, 0.3) is 0 Å². The predicted octanol–water partition coefficient (Wildman–Crippen LogP) is 3.29. The first-order valence-electron chi connectivity index (χ1n) is 8.77. The van der Waals surface area contributed by atoms with Crippen LogP contribution in [0, 0.1) is 17.2 Å². The van der Waals surface area contributed by atoms with Crippen molar-refractivity contribution in [2.45, 2.75) is 84.2 Å². The Balaban J connectivity index is 5.26. The highest BCUT2D eigenvalue weighted by atomic mass is 28.4. The Morgan fingerprint density at radius 1 is 1.19 bits per heavy atom. The van der Waals surface area contributed by atoms with Gasteiger partial charge in [-0.3, -0.25) is 14.4 Å². The van der Waals surface area contributed by atoms with Crippen molar-refractivity contribution in [3.05, 3.63) is 0 Å². The second kappa shape index (κ2) is 9.83. The fraction of sp³-hybridized carbons (Fsp3) is 0.778. The summed E-state index contributed by atoms with van der Waals surface area (Å²) in [6.45, 7) is 13.4. The topological polar surface area (TPSA) is 114 Å². The number of aliphatic carboxylic acids is 1. The largest absolute Gasteiger partial charge is 0.481 e. The summed E-state index contributed by atoms with van der Waals surface area (Å²) < 4.78 is 11.1. The lowest BCUT2D eigenvalue weighted by molar-refractivity contribution is -0.154. The van der Waals surface area contributed by atoms with E-state index in [2.05, 4.69) is 0 Å². The number of nitriles is 1.